The maximum absolute atomic E-state index is 11.9. The lowest BCUT2D eigenvalue weighted by molar-refractivity contribution is 0.0521. The highest BCUT2D eigenvalue weighted by Gasteiger charge is 2.39. The van der Waals surface area contributed by atoms with Gasteiger partial charge in [-0.15, -0.1) is 0 Å². The Morgan fingerprint density at radius 3 is 1.16 bits per heavy atom. The quantitative estimate of drug-likeness (QED) is 0.0689. The third-order valence-electron chi connectivity index (χ3n) is 11.7. The molecule has 14 nitrogen and oxygen atoms in total. The topological polar surface area (TPSA) is 189 Å². The van der Waals surface area contributed by atoms with E-state index in [-0.39, 0.29) is 39.9 Å². The highest BCUT2D eigenvalue weighted by atomic mass is 79.9. The summed E-state index contributed by atoms with van der Waals surface area (Å²) in [5.41, 5.74) is 2.78. The normalized spacial score (nSPS) is 11.7. The molecule has 0 radical (unpaired) electrons. The van der Waals surface area contributed by atoms with E-state index in [0.29, 0.717) is 49.1 Å². The van der Waals surface area contributed by atoms with Crippen molar-refractivity contribution in [3.05, 3.63) is 116 Å². The number of hydrogen-bond donors (Lipinski definition) is 2. The van der Waals surface area contributed by atoms with Crippen molar-refractivity contribution in [2.24, 2.45) is 0 Å². The van der Waals surface area contributed by atoms with Crippen LogP contribution in [0.25, 0.3) is 0 Å². The highest BCUT2D eigenvalue weighted by molar-refractivity contribution is 9.10. The minimum absolute atomic E-state index is 0.0125. The molecule has 386 valence electrons. The summed E-state index contributed by atoms with van der Waals surface area (Å²) in [7, 11) is -5.41. The number of ether oxygens (including phenoxy) is 2. The molecular formula is C49H77Br2ClN4O10Si3. The van der Waals surface area contributed by atoms with Gasteiger partial charge in [-0.3, -0.25) is 19.9 Å². The van der Waals surface area contributed by atoms with Crippen LogP contribution >= 0.6 is 43.5 Å². The van der Waals surface area contributed by atoms with Gasteiger partial charge < -0.3 is 33.0 Å². The number of pyridine rings is 4. The number of halogens is 3. The zero-order valence-electron chi connectivity index (χ0n) is 43.8. The molecule has 2 N–H and O–H groups in total. The van der Waals surface area contributed by atoms with Crippen molar-refractivity contribution in [2.75, 3.05) is 13.2 Å². The first-order chi connectivity index (χ1) is 31.7. The van der Waals surface area contributed by atoms with Crippen LogP contribution in [0.1, 0.15) is 120 Å². The molecule has 20 heteroatoms. The lowest BCUT2D eigenvalue weighted by Gasteiger charge is -2.36. The smallest absolute Gasteiger partial charge is 0.403 e. The number of nitrogens with zero attached hydrogens (tertiary/aromatic N) is 4. The van der Waals surface area contributed by atoms with E-state index < -0.39 is 36.3 Å². The van der Waals surface area contributed by atoms with Crippen LogP contribution < -0.4 is 0 Å². The molecule has 4 aromatic heterocycles. The number of carbonyl (C=O) groups is 3. The number of carbonyl (C=O) groups excluding carboxylic acids is 2. The van der Waals surface area contributed by atoms with E-state index in [1.807, 2.05) is 24.3 Å². The largest absolute Gasteiger partial charge is 0.478 e. The second kappa shape index (κ2) is 30.6. The molecule has 0 amide bonds. The third-order valence-corrected chi connectivity index (χ3v) is 26.7. The number of aromatic carboxylic acids is 1. The molecule has 0 saturated carbocycles. The fraction of sp³-hybridized carbons (Fsp3) is 0.531. The summed E-state index contributed by atoms with van der Waals surface area (Å²) in [6, 6.07) is 14.2. The minimum atomic E-state index is -1.88. The summed E-state index contributed by atoms with van der Waals surface area (Å²) in [5.74, 6) is -1.30. The van der Waals surface area contributed by atoms with Crippen molar-refractivity contribution in [1.29, 1.82) is 0 Å². The van der Waals surface area contributed by atoms with Crippen LogP contribution in [0.4, 0.5) is 4.79 Å². The average Bonchev–Trinajstić information content (AvgIpc) is 3.25. The first-order valence-electron chi connectivity index (χ1n) is 22.5. The fourth-order valence-corrected chi connectivity index (χ4v) is 7.91. The molecule has 0 aliphatic carbocycles. The Bertz CT molecular complexity index is 2180. The predicted molar refractivity (Wildman–Crippen MR) is 290 cm³/mol. The van der Waals surface area contributed by atoms with E-state index in [1.165, 1.54) is 0 Å². The average molecular weight is 1160 g/mol. The van der Waals surface area contributed by atoms with Gasteiger partial charge in [-0.1, -0.05) is 62.3 Å². The van der Waals surface area contributed by atoms with E-state index in [1.54, 1.807) is 62.9 Å². The number of rotatable bonds is 14. The molecule has 4 heterocycles. The Balaban J connectivity index is 0.000000879. The number of aliphatic hydroxyl groups is 1. The molecule has 0 aromatic carbocycles. The van der Waals surface area contributed by atoms with Crippen molar-refractivity contribution in [2.45, 2.75) is 157 Å². The van der Waals surface area contributed by atoms with Gasteiger partial charge in [0.2, 0.25) is 0 Å². The number of carboxylic acid groups (broad SMARTS) is 1. The molecule has 0 saturated heterocycles. The van der Waals surface area contributed by atoms with Crippen LogP contribution in [0.3, 0.4) is 0 Å². The van der Waals surface area contributed by atoms with Crippen molar-refractivity contribution >= 4 is 85.8 Å². The maximum Gasteiger partial charge on any atom is 0.403 e. The second-order valence-electron chi connectivity index (χ2n) is 19.9. The number of aromatic nitrogens is 4. The predicted octanol–water partition coefficient (Wildman–Crippen LogP) is 14.2. The molecule has 4 rings (SSSR count). The Morgan fingerprint density at radius 2 is 0.870 bits per heavy atom. The van der Waals surface area contributed by atoms with Crippen molar-refractivity contribution in [1.82, 2.24) is 19.9 Å². The van der Waals surface area contributed by atoms with Gasteiger partial charge in [-0.25, -0.2) is 14.4 Å². The van der Waals surface area contributed by atoms with Gasteiger partial charge in [-0.05, 0) is 149 Å². The molecule has 4 aromatic rings. The number of aliphatic hydroxyl groups excluding tert-OH is 1. The zero-order chi connectivity index (χ0) is 53.4. The molecule has 0 atom stereocenters. The van der Waals surface area contributed by atoms with Gasteiger partial charge >= 0.3 is 17.4 Å². The van der Waals surface area contributed by atoms with Crippen LogP contribution in [-0.4, -0.2) is 85.7 Å². The van der Waals surface area contributed by atoms with Crippen LogP contribution in [0.2, 0.25) is 54.4 Å². The zero-order valence-corrected chi connectivity index (χ0v) is 50.7. The van der Waals surface area contributed by atoms with Crippen molar-refractivity contribution < 1.29 is 47.3 Å². The Morgan fingerprint density at radius 1 is 0.551 bits per heavy atom. The van der Waals surface area contributed by atoms with Crippen molar-refractivity contribution in [3.63, 3.8) is 0 Å². The highest BCUT2D eigenvalue weighted by Crippen LogP contribution is 2.39. The van der Waals surface area contributed by atoms with Gasteiger partial charge in [-0.2, -0.15) is 0 Å². The number of carboxylic acids is 1. The number of esters is 1. The first-order valence-corrected chi connectivity index (χ1v) is 33.2. The molecule has 69 heavy (non-hydrogen) atoms. The Hall–Kier alpha value is -3.25. The molecule has 0 spiro atoms. The van der Waals surface area contributed by atoms with Gasteiger partial charge in [0.25, 0.3) is 0 Å². The summed E-state index contributed by atoms with van der Waals surface area (Å²) < 4.78 is 29.3. The monoisotopic (exact) mass is 1160 g/mol. The van der Waals surface area contributed by atoms with E-state index in [4.69, 9.17) is 39.8 Å². The Labute approximate surface area is 436 Å². The van der Waals surface area contributed by atoms with Gasteiger partial charge in [0.15, 0.2) is 25.0 Å². The second-order valence-corrected chi connectivity index (χ2v) is 36.3. The van der Waals surface area contributed by atoms with Crippen LogP contribution in [0, 0.1) is 0 Å². The summed E-state index contributed by atoms with van der Waals surface area (Å²) in [6.07, 6.45) is 6.72. The van der Waals surface area contributed by atoms with Gasteiger partial charge in [0.1, 0.15) is 0 Å². The molecule has 0 unspecified atom stereocenters. The lowest BCUT2D eigenvalue weighted by atomic mass is 10.2. The van der Waals surface area contributed by atoms with Crippen LogP contribution in [-0.2, 0) is 49.2 Å². The SMILES string of the molecule is CC(C)(C)[Si](C)(C)OCc1ncccc1Br.CC(C)(C)[Si](C)(C)OCc1ncccc1C(=O)O.CCOC(=O)Cl.CCOC(=O)c1cccnc1CO[Si](C)(C)C(C)(C)C.OCc1ncccc1Br. The van der Waals surface area contributed by atoms with Crippen LogP contribution in [0.5, 0.6) is 0 Å². The third kappa shape index (κ3) is 24.6. The summed E-state index contributed by atoms with van der Waals surface area (Å²) in [4.78, 5) is 49.1. The first kappa shape index (κ1) is 65.8. The minimum Gasteiger partial charge on any atom is -0.478 e. The molecule has 0 bridgehead atoms. The van der Waals surface area contributed by atoms with E-state index in [2.05, 4.69) is 158 Å². The maximum atomic E-state index is 11.9. The molecular weight excluding hydrogens is 1080 g/mol. The molecule has 0 fully saturated rings. The van der Waals surface area contributed by atoms with Crippen LogP contribution in [0.15, 0.2) is 82.3 Å². The molecule has 0 aliphatic heterocycles. The summed E-state index contributed by atoms with van der Waals surface area (Å²) >= 11 is 11.4. The van der Waals surface area contributed by atoms with E-state index in [0.717, 1.165) is 14.6 Å². The summed E-state index contributed by atoms with van der Waals surface area (Å²) in [5, 5.41) is 18.2. The van der Waals surface area contributed by atoms with E-state index >= 15 is 0 Å². The summed E-state index contributed by atoms with van der Waals surface area (Å²) in [6.45, 7) is 38.3. The fourth-order valence-electron chi connectivity index (χ4n) is 4.26. The lowest BCUT2D eigenvalue weighted by Crippen LogP contribution is -2.40. The van der Waals surface area contributed by atoms with Crippen molar-refractivity contribution in [3.8, 4) is 0 Å². The van der Waals surface area contributed by atoms with E-state index in [9.17, 15) is 14.4 Å². The van der Waals surface area contributed by atoms with Gasteiger partial charge in [0.05, 0.1) is 73.5 Å². The van der Waals surface area contributed by atoms with Gasteiger partial charge in [0, 0.05) is 45.3 Å². The number of hydrogen-bond acceptors (Lipinski definition) is 13. The molecule has 0 aliphatic rings. The standard InChI is InChI=1S/C15H25NO3Si.C13H21NO3Si.C12H20BrNOSi.C6H6BrNO.C3H5ClO2/c1-7-18-14(17)12-9-8-10-16-13(12)11-19-20(5,6)15(2,3)4;1-13(2,3)18(4,5)17-9-11-10(12(15)16)7-6-8-14-11;1-12(2,3)16(4,5)15-9-11-10(13)7-6-8-14-11;7-5-2-1-3-8-6(5)4-9;1-2-6-3(4)5/h8-10H,7,11H2,1-6H3;6-8H,9H2,1-5H3,(H,15,16);6-8H,9H2,1-5H3;1-3,9H,4H2;2H2,1H3. The Kier molecular flexibility index (Phi) is 29.1.